The minimum atomic E-state index is -4.78. The molecule has 1 saturated heterocycles. The molecule has 0 saturated carbocycles. The number of piperazine rings is 1. The maximum Gasteiger partial charge on any atom is 0.433 e. The molecule has 192 valence electrons. The molecule has 2 aromatic heterocycles. The summed E-state index contributed by atoms with van der Waals surface area (Å²) in [5.74, 6) is -0.398. The molecular weight excluding hydrogens is 514 g/mol. The number of hydrogen-bond donors (Lipinski definition) is 0. The Morgan fingerprint density at radius 3 is 2.24 bits per heavy atom. The lowest BCUT2D eigenvalue weighted by molar-refractivity contribution is -0.142. The number of amides is 1. The van der Waals surface area contributed by atoms with Gasteiger partial charge in [-0.3, -0.25) is 4.79 Å². The summed E-state index contributed by atoms with van der Waals surface area (Å²) in [5.41, 5.74) is -0.431. The van der Waals surface area contributed by atoms with Crippen LogP contribution in [0.2, 0.25) is 5.02 Å². The molecule has 1 fully saturated rings. The van der Waals surface area contributed by atoms with Gasteiger partial charge in [0.25, 0.3) is 5.91 Å². The van der Waals surface area contributed by atoms with Crippen molar-refractivity contribution in [3.05, 3.63) is 76.8 Å². The van der Waals surface area contributed by atoms with Gasteiger partial charge in [-0.05, 0) is 54.6 Å². The second-order valence-electron chi connectivity index (χ2n) is 8.41. The second kappa shape index (κ2) is 9.55. The number of carbonyl (C=O) groups is 1. The number of aromatic nitrogens is 3. The van der Waals surface area contributed by atoms with Crippen LogP contribution >= 0.6 is 11.6 Å². The van der Waals surface area contributed by atoms with Crippen molar-refractivity contribution in [3.8, 4) is 17.0 Å². The van der Waals surface area contributed by atoms with Crippen molar-refractivity contribution in [3.63, 3.8) is 0 Å². The van der Waals surface area contributed by atoms with E-state index in [9.17, 15) is 22.4 Å². The first-order chi connectivity index (χ1) is 17.7. The highest BCUT2D eigenvalue weighted by Crippen LogP contribution is 2.35. The van der Waals surface area contributed by atoms with E-state index in [1.165, 1.54) is 24.1 Å². The van der Waals surface area contributed by atoms with Gasteiger partial charge in [0.15, 0.2) is 17.0 Å². The van der Waals surface area contributed by atoms with Crippen LogP contribution in [0.5, 0.6) is 5.75 Å². The van der Waals surface area contributed by atoms with E-state index < -0.39 is 17.8 Å². The zero-order valence-corrected chi connectivity index (χ0v) is 20.2. The summed E-state index contributed by atoms with van der Waals surface area (Å²) in [7, 11) is 1.48. The number of anilines is 1. The molecule has 0 atom stereocenters. The van der Waals surface area contributed by atoms with Crippen LogP contribution in [-0.2, 0) is 6.18 Å². The third kappa shape index (κ3) is 4.78. The minimum Gasteiger partial charge on any atom is -0.497 e. The number of carbonyl (C=O) groups excluding carboxylic acids is 1. The monoisotopic (exact) mass is 533 g/mol. The lowest BCUT2D eigenvalue weighted by atomic mass is 10.1. The van der Waals surface area contributed by atoms with E-state index in [0.717, 1.165) is 11.8 Å². The molecule has 1 aliphatic rings. The number of fused-ring (bicyclic) bond motifs is 1. The molecule has 1 amide bonds. The highest BCUT2D eigenvalue weighted by molar-refractivity contribution is 6.36. The van der Waals surface area contributed by atoms with Crippen LogP contribution in [0.4, 0.5) is 23.2 Å². The summed E-state index contributed by atoms with van der Waals surface area (Å²) in [6.45, 7) is 1.49. The van der Waals surface area contributed by atoms with E-state index in [4.69, 9.17) is 16.3 Å². The average molecular weight is 534 g/mol. The van der Waals surface area contributed by atoms with Gasteiger partial charge in [-0.1, -0.05) is 11.6 Å². The van der Waals surface area contributed by atoms with Gasteiger partial charge in [0, 0.05) is 37.4 Å². The molecular formula is C25H20ClF4N5O2. The van der Waals surface area contributed by atoms with Crippen molar-refractivity contribution in [1.29, 1.82) is 0 Å². The topological polar surface area (TPSA) is 63.0 Å². The Bertz CT molecular complexity index is 1450. The van der Waals surface area contributed by atoms with Gasteiger partial charge in [-0.2, -0.15) is 18.3 Å². The molecule has 0 aliphatic carbocycles. The molecule has 3 heterocycles. The quantitative estimate of drug-likeness (QED) is 0.338. The summed E-state index contributed by atoms with van der Waals surface area (Å²) in [5, 5.41) is 3.68. The zero-order valence-electron chi connectivity index (χ0n) is 19.5. The fourth-order valence-corrected chi connectivity index (χ4v) is 4.45. The van der Waals surface area contributed by atoms with Crippen LogP contribution in [0.1, 0.15) is 16.2 Å². The molecule has 5 rings (SSSR count). The Kier molecular flexibility index (Phi) is 6.40. The molecule has 2 aromatic carbocycles. The molecule has 0 unspecified atom stereocenters. The van der Waals surface area contributed by atoms with Crippen LogP contribution in [0.3, 0.4) is 0 Å². The second-order valence-corrected chi connectivity index (χ2v) is 8.78. The van der Waals surface area contributed by atoms with Crippen molar-refractivity contribution < 1.29 is 27.1 Å². The van der Waals surface area contributed by atoms with Crippen LogP contribution in [0, 0.1) is 5.82 Å². The van der Waals surface area contributed by atoms with Gasteiger partial charge in [0.05, 0.1) is 12.8 Å². The summed E-state index contributed by atoms with van der Waals surface area (Å²) in [4.78, 5) is 21.0. The molecule has 12 heteroatoms. The maximum atomic E-state index is 14.0. The lowest BCUT2D eigenvalue weighted by Gasteiger charge is -2.35. The van der Waals surface area contributed by atoms with E-state index in [0.29, 0.717) is 28.9 Å². The predicted octanol–water partition coefficient (Wildman–Crippen LogP) is 5.18. The molecule has 4 aromatic rings. The van der Waals surface area contributed by atoms with E-state index in [-0.39, 0.29) is 41.0 Å². The third-order valence-electron chi connectivity index (χ3n) is 6.17. The number of hydrogen-bond acceptors (Lipinski definition) is 5. The predicted molar refractivity (Wildman–Crippen MR) is 130 cm³/mol. The highest BCUT2D eigenvalue weighted by atomic mass is 35.5. The van der Waals surface area contributed by atoms with Crippen molar-refractivity contribution in [2.75, 3.05) is 38.2 Å². The number of rotatable bonds is 4. The zero-order chi connectivity index (χ0) is 26.3. The van der Waals surface area contributed by atoms with E-state index in [2.05, 4.69) is 10.1 Å². The Morgan fingerprint density at radius 1 is 1.00 bits per heavy atom. The molecule has 0 bridgehead atoms. The van der Waals surface area contributed by atoms with Gasteiger partial charge >= 0.3 is 6.18 Å². The number of nitrogens with zero attached hydrogens (tertiary/aromatic N) is 5. The van der Waals surface area contributed by atoms with Crippen LogP contribution in [0.25, 0.3) is 16.9 Å². The number of alkyl halides is 3. The smallest absolute Gasteiger partial charge is 0.433 e. The van der Waals surface area contributed by atoms with Gasteiger partial charge in [0.2, 0.25) is 0 Å². The first-order valence-electron chi connectivity index (χ1n) is 11.3. The van der Waals surface area contributed by atoms with Crippen molar-refractivity contribution >= 4 is 28.8 Å². The number of methoxy groups -OCH3 is 1. The van der Waals surface area contributed by atoms with Gasteiger partial charge in [-0.15, -0.1) is 0 Å². The summed E-state index contributed by atoms with van der Waals surface area (Å²) in [6, 6.07) is 13.2. The number of halogens is 5. The number of benzene rings is 2. The molecule has 0 spiro atoms. The van der Waals surface area contributed by atoms with Crippen molar-refractivity contribution in [2.24, 2.45) is 0 Å². The molecule has 0 radical (unpaired) electrons. The lowest BCUT2D eigenvalue weighted by Crippen LogP contribution is -2.49. The Hall–Kier alpha value is -3.86. The van der Waals surface area contributed by atoms with E-state index in [1.54, 1.807) is 36.4 Å². The molecule has 7 nitrogen and oxygen atoms in total. The molecule has 0 N–H and O–H groups in total. The van der Waals surface area contributed by atoms with Crippen molar-refractivity contribution in [2.45, 2.75) is 6.18 Å². The van der Waals surface area contributed by atoms with Gasteiger partial charge in [0.1, 0.15) is 16.6 Å². The molecule has 1 aliphatic heterocycles. The Balaban J connectivity index is 1.46. The molecule has 37 heavy (non-hydrogen) atoms. The maximum absolute atomic E-state index is 14.0. The van der Waals surface area contributed by atoms with E-state index in [1.807, 2.05) is 4.90 Å². The summed E-state index contributed by atoms with van der Waals surface area (Å²) in [6.07, 6.45) is -4.78. The Labute approximate surface area is 213 Å². The van der Waals surface area contributed by atoms with Gasteiger partial charge < -0.3 is 14.5 Å². The van der Waals surface area contributed by atoms with E-state index >= 15 is 0 Å². The Morgan fingerprint density at radius 2 is 1.65 bits per heavy atom. The van der Waals surface area contributed by atoms with Gasteiger partial charge in [-0.25, -0.2) is 13.9 Å². The summed E-state index contributed by atoms with van der Waals surface area (Å²) < 4.78 is 60.8. The normalized spacial score (nSPS) is 14.3. The largest absolute Gasteiger partial charge is 0.497 e. The first-order valence-corrected chi connectivity index (χ1v) is 11.6. The SMILES string of the molecule is COc1ccc(-c2cc(C(F)(F)F)n3nc(C(=O)N4CCN(c5ccc(F)cc5)CC4)c(Cl)c3n2)cc1. The first kappa shape index (κ1) is 24.8. The van der Waals surface area contributed by atoms with Crippen LogP contribution < -0.4 is 9.64 Å². The average Bonchev–Trinajstić information content (AvgIpc) is 3.24. The number of ether oxygens (including phenoxy) is 1. The third-order valence-corrected chi connectivity index (χ3v) is 6.52. The standard InChI is InChI=1S/C25H20ClF4N5O2/c1-37-18-8-2-15(3-9-18)19-14-20(25(28,29)30)35-23(31-19)21(26)22(32-35)24(36)34-12-10-33(11-13-34)17-6-4-16(27)5-7-17/h2-9,14H,10-13H2,1H3. The minimum absolute atomic E-state index is 0.0242. The van der Waals surface area contributed by atoms with Crippen molar-refractivity contribution in [1.82, 2.24) is 19.5 Å². The highest BCUT2D eigenvalue weighted by Gasteiger charge is 2.37. The summed E-state index contributed by atoms with van der Waals surface area (Å²) >= 11 is 6.41. The fraction of sp³-hybridized carbons (Fsp3) is 0.240. The van der Waals surface area contributed by atoms with Crippen LogP contribution in [0.15, 0.2) is 54.6 Å². The van der Waals surface area contributed by atoms with Crippen LogP contribution in [-0.4, -0.2) is 58.7 Å². The fourth-order valence-electron chi connectivity index (χ4n) is 4.21.